The van der Waals surface area contributed by atoms with Gasteiger partial charge in [-0.05, 0) is 31.2 Å². The Labute approximate surface area is 246 Å². The van der Waals surface area contributed by atoms with E-state index in [-0.39, 0.29) is 56.4 Å². The molecule has 0 fully saturated rings. The van der Waals surface area contributed by atoms with E-state index in [0.717, 1.165) is 18.4 Å². The molecule has 42 heavy (non-hydrogen) atoms. The molecule has 1 rings (SSSR count). The number of carbonyl (C=O) groups excluding carboxylic acids is 5. The number of unbranched alkanes of at least 4 members (excludes halogenated alkanes) is 1. The fraction of sp³-hybridized carbons (Fsp3) is 0.533. The number of ketones is 1. The monoisotopic (exact) mass is 586 g/mol. The topological polar surface area (TPSA) is 180 Å². The van der Waals surface area contributed by atoms with Crippen LogP contribution in [0, 0.1) is 18.3 Å². The van der Waals surface area contributed by atoms with Crippen molar-refractivity contribution in [2.45, 2.75) is 83.4 Å². The molecular weight excluding hydrogens is 544 g/mol. The van der Waals surface area contributed by atoms with Gasteiger partial charge in [0.15, 0.2) is 5.78 Å². The number of carbonyl (C=O) groups is 6. The molecule has 0 bridgehead atoms. The minimum Gasteiger partial charge on any atom is -0.480 e. The van der Waals surface area contributed by atoms with Gasteiger partial charge in [-0.25, -0.2) is 9.59 Å². The summed E-state index contributed by atoms with van der Waals surface area (Å²) in [6.07, 6.45) is 6.21. The van der Waals surface area contributed by atoms with Crippen LogP contribution in [-0.2, 0) is 35.3 Å². The van der Waals surface area contributed by atoms with E-state index < -0.39 is 35.8 Å². The zero-order valence-electron chi connectivity index (χ0n) is 24.3. The number of ether oxygens (including phenoxy) is 1. The predicted octanol–water partition coefficient (Wildman–Crippen LogP) is 2.06. The summed E-state index contributed by atoms with van der Waals surface area (Å²) >= 11 is 0. The van der Waals surface area contributed by atoms with E-state index in [9.17, 15) is 28.8 Å². The maximum atomic E-state index is 12.9. The summed E-state index contributed by atoms with van der Waals surface area (Å²) in [4.78, 5) is 73.0. The smallest absolute Gasteiger partial charge is 0.408 e. The first-order valence-corrected chi connectivity index (χ1v) is 14.0. The molecule has 5 N–H and O–H groups in total. The molecule has 0 saturated carbocycles. The molecule has 1 aromatic carbocycles. The van der Waals surface area contributed by atoms with Crippen molar-refractivity contribution in [1.82, 2.24) is 21.3 Å². The summed E-state index contributed by atoms with van der Waals surface area (Å²) < 4.78 is 5.20. The van der Waals surface area contributed by atoms with Gasteiger partial charge in [0.25, 0.3) is 0 Å². The van der Waals surface area contributed by atoms with Crippen LogP contribution in [0.1, 0.15) is 70.3 Å². The van der Waals surface area contributed by atoms with Crippen molar-refractivity contribution in [2.75, 3.05) is 13.6 Å². The van der Waals surface area contributed by atoms with Crippen LogP contribution in [0.3, 0.4) is 0 Å². The standard InChI is InChI=1S/C30H42N4O8/c1-4-11-24(29(39)40)33-27(37)18-16-25(35)23(34-30(41)42-20-21-12-7-6-8-13-21)15-17-26(36)32-19-10-9-14-22(5-2)28(38)31-3/h1,6-8,12-13,22-24H,5,9-11,14-20H2,2-3H3,(H,31,38)(H,32,36)(H,33,37)(H,34,41)(H,39,40)/t22?,23-,24?/m0/s1. The molecule has 0 aliphatic rings. The van der Waals surface area contributed by atoms with Crippen molar-refractivity contribution in [3.05, 3.63) is 35.9 Å². The molecular formula is C30H42N4O8. The average Bonchev–Trinajstić information content (AvgIpc) is 2.98. The van der Waals surface area contributed by atoms with Gasteiger partial charge >= 0.3 is 12.1 Å². The Morgan fingerprint density at radius 2 is 1.64 bits per heavy atom. The highest BCUT2D eigenvalue weighted by molar-refractivity contribution is 5.92. The van der Waals surface area contributed by atoms with Crippen molar-refractivity contribution in [1.29, 1.82) is 0 Å². The lowest BCUT2D eigenvalue weighted by molar-refractivity contribution is -0.141. The second kappa shape index (κ2) is 20.5. The van der Waals surface area contributed by atoms with Crippen LogP contribution in [-0.4, -0.2) is 66.3 Å². The van der Waals surface area contributed by atoms with Crippen LogP contribution in [0.2, 0.25) is 0 Å². The fourth-order valence-electron chi connectivity index (χ4n) is 4.05. The van der Waals surface area contributed by atoms with Gasteiger partial charge in [0, 0.05) is 45.2 Å². The Bertz CT molecular complexity index is 1090. The number of benzene rings is 1. The minimum absolute atomic E-state index is 0.00112. The van der Waals surface area contributed by atoms with Crippen LogP contribution in [0.4, 0.5) is 4.79 Å². The zero-order chi connectivity index (χ0) is 31.3. The van der Waals surface area contributed by atoms with Gasteiger partial charge in [-0.2, -0.15) is 0 Å². The van der Waals surface area contributed by atoms with Crippen LogP contribution in [0.25, 0.3) is 0 Å². The molecule has 0 radical (unpaired) electrons. The molecule has 0 heterocycles. The number of carboxylic acid groups (broad SMARTS) is 1. The van der Waals surface area contributed by atoms with Crippen LogP contribution >= 0.6 is 0 Å². The number of hydrogen-bond acceptors (Lipinski definition) is 7. The number of rotatable bonds is 20. The van der Waals surface area contributed by atoms with Crippen molar-refractivity contribution in [3.63, 3.8) is 0 Å². The molecule has 0 spiro atoms. The number of nitrogens with one attached hydrogen (secondary N) is 4. The minimum atomic E-state index is -1.30. The van der Waals surface area contributed by atoms with Gasteiger partial charge in [-0.3, -0.25) is 19.2 Å². The number of hydrogen-bond donors (Lipinski definition) is 5. The van der Waals surface area contributed by atoms with E-state index in [1.54, 1.807) is 31.3 Å². The second-order valence-corrected chi connectivity index (χ2v) is 9.70. The number of Topliss-reactive ketones (excluding diaryl/α,β-unsaturated/α-hetero) is 1. The molecule has 0 aliphatic carbocycles. The summed E-state index contributed by atoms with van der Waals surface area (Å²) in [6, 6.07) is 6.54. The maximum absolute atomic E-state index is 12.9. The third-order valence-electron chi connectivity index (χ3n) is 6.52. The summed E-state index contributed by atoms with van der Waals surface area (Å²) in [5.41, 5.74) is 0.743. The molecule has 1 aromatic rings. The van der Waals surface area contributed by atoms with E-state index in [4.69, 9.17) is 16.3 Å². The van der Waals surface area contributed by atoms with E-state index in [0.29, 0.717) is 19.4 Å². The number of amides is 4. The Balaban J connectivity index is 2.64. The first kappa shape index (κ1) is 35.6. The molecule has 2 unspecified atom stereocenters. The Hall–Kier alpha value is -4.40. The Morgan fingerprint density at radius 1 is 0.929 bits per heavy atom. The molecule has 230 valence electrons. The normalized spacial score (nSPS) is 12.5. The maximum Gasteiger partial charge on any atom is 0.408 e. The highest BCUT2D eigenvalue weighted by atomic mass is 16.5. The number of alkyl carbamates (subject to hydrolysis) is 1. The number of carboxylic acids is 1. The number of terminal acetylenes is 1. The Morgan fingerprint density at radius 3 is 2.26 bits per heavy atom. The van der Waals surface area contributed by atoms with Crippen LogP contribution in [0.5, 0.6) is 0 Å². The van der Waals surface area contributed by atoms with Crippen molar-refractivity contribution >= 4 is 35.6 Å². The third-order valence-corrected chi connectivity index (χ3v) is 6.52. The van der Waals surface area contributed by atoms with Crippen molar-refractivity contribution < 1.29 is 38.6 Å². The van der Waals surface area contributed by atoms with E-state index >= 15 is 0 Å². The third kappa shape index (κ3) is 14.8. The van der Waals surface area contributed by atoms with Gasteiger partial charge in [-0.15, -0.1) is 12.3 Å². The molecule has 12 heteroatoms. The lowest BCUT2D eigenvalue weighted by Gasteiger charge is -2.18. The van der Waals surface area contributed by atoms with Gasteiger partial charge in [0.2, 0.25) is 17.7 Å². The lowest BCUT2D eigenvalue weighted by atomic mass is 9.98. The Kier molecular flexibility index (Phi) is 17.4. The van der Waals surface area contributed by atoms with E-state index in [1.165, 1.54) is 0 Å². The van der Waals surface area contributed by atoms with Crippen LogP contribution in [0.15, 0.2) is 30.3 Å². The lowest BCUT2D eigenvalue weighted by Crippen LogP contribution is -2.43. The molecule has 12 nitrogen and oxygen atoms in total. The highest BCUT2D eigenvalue weighted by Gasteiger charge is 2.25. The van der Waals surface area contributed by atoms with Crippen molar-refractivity contribution in [3.8, 4) is 12.3 Å². The second-order valence-electron chi connectivity index (χ2n) is 9.70. The summed E-state index contributed by atoms with van der Waals surface area (Å²) in [6.45, 7) is 2.32. The van der Waals surface area contributed by atoms with E-state index in [1.807, 2.05) is 13.0 Å². The van der Waals surface area contributed by atoms with Gasteiger partial charge in [-0.1, -0.05) is 43.7 Å². The number of aliphatic carboxylic acids is 1. The first-order chi connectivity index (χ1) is 20.1. The summed E-state index contributed by atoms with van der Waals surface area (Å²) in [7, 11) is 1.60. The molecule has 0 aliphatic heterocycles. The largest absolute Gasteiger partial charge is 0.480 e. The quantitative estimate of drug-likeness (QED) is 0.114. The van der Waals surface area contributed by atoms with Gasteiger partial charge < -0.3 is 31.1 Å². The predicted molar refractivity (Wildman–Crippen MR) is 155 cm³/mol. The van der Waals surface area contributed by atoms with Crippen molar-refractivity contribution in [2.24, 2.45) is 5.92 Å². The molecule has 3 atom stereocenters. The van der Waals surface area contributed by atoms with Crippen LogP contribution < -0.4 is 21.3 Å². The fourth-order valence-corrected chi connectivity index (χ4v) is 4.05. The molecule has 0 aromatic heterocycles. The van der Waals surface area contributed by atoms with Gasteiger partial charge in [0.05, 0.1) is 6.04 Å². The molecule has 4 amide bonds. The zero-order valence-corrected chi connectivity index (χ0v) is 24.3. The highest BCUT2D eigenvalue weighted by Crippen LogP contribution is 2.12. The average molecular weight is 587 g/mol. The van der Waals surface area contributed by atoms with E-state index in [2.05, 4.69) is 27.2 Å². The summed E-state index contributed by atoms with van der Waals surface area (Å²) in [5, 5.41) is 19.3. The van der Waals surface area contributed by atoms with Gasteiger partial charge in [0.1, 0.15) is 12.6 Å². The summed E-state index contributed by atoms with van der Waals surface area (Å²) in [5.74, 6) is -0.716. The molecule has 0 saturated heterocycles. The SMILES string of the molecule is C#CCC(NC(=O)CCC(=O)[C@H](CCC(=O)NCCCCC(CC)C(=O)NC)NC(=O)OCc1ccccc1)C(=O)O. The first-order valence-electron chi connectivity index (χ1n) is 14.0.